The highest BCUT2D eigenvalue weighted by Crippen LogP contribution is 2.17. The van der Waals surface area contributed by atoms with Crippen molar-refractivity contribution < 1.29 is 14.9 Å². The Kier molecular flexibility index (Phi) is 5.59. The number of rotatable bonds is 5. The Bertz CT molecular complexity index is 267. The van der Waals surface area contributed by atoms with Crippen LogP contribution >= 0.6 is 0 Å². The van der Waals surface area contributed by atoms with E-state index >= 15 is 0 Å². The zero-order chi connectivity index (χ0) is 13.8. The normalized spacial score (nSPS) is 35.7. The van der Waals surface area contributed by atoms with Gasteiger partial charge in [0, 0.05) is 32.2 Å². The van der Waals surface area contributed by atoms with Crippen molar-refractivity contribution in [3.8, 4) is 0 Å². The maximum atomic E-state index is 10.2. The van der Waals surface area contributed by atoms with Crippen molar-refractivity contribution in [3.63, 3.8) is 0 Å². The van der Waals surface area contributed by atoms with E-state index in [0.717, 1.165) is 32.5 Å². The van der Waals surface area contributed by atoms with Crippen LogP contribution in [0.15, 0.2) is 0 Å². The van der Waals surface area contributed by atoms with Crippen molar-refractivity contribution in [3.05, 3.63) is 0 Å². The van der Waals surface area contributed by atoms with Gasteiger partial charge in [0.2, 0.25) is 0 Å². The number of hydrogen-bond donors (Lipinski definition) is 2. The topological polar surface area (TPSA) is 56.2 Å². The molecule has 2 aliphatic heterocycles. The molecule has 2 N–H and O–H groups in total. The van der Waals surface area contributed by atoms with Crippen molar-refractivity contribution in [2.24, 2.45) is 0 Å². The van der Waals surface area contributed by atoms with Gasteiger partial charge in [-0.1, -0.05) is 0 Å². The van der Waals surface area contributed by atoms with E-state index < -0.39 is 0 Å². The first-order valence-corrected chi connectivity index (χ1v) is 7.49. The van der Waals surface area contributed by atoms with Crippen LogP contribution in [0.1, 0.15) is 26.7 Å². The van der Waals surface area contributed by atoms with E-state index in [4.69, 9.17) is 4.74 Å². The summed E-state index contributed by atoms with van der Waals surface area (Å²) in [4.78, 5) is 4.51. The molecule has 0 spiro atoms. The quantitative estimate of drug-likeness (QED) is 0.733. The number of aliphatic hydroxyl groups excluding tert-OH is 2. The number of hydrogen-bond acceptors (Lipinski definition) is 5. The summed E-state index contributed by atoms with van der Waals surface area (Å²) < 4.78 is 5.70. The smallest absolute Gasteiger partial charge is 0.0793 e. The van der Waals surface area contributed by atoms with Gasteiger partial charge in [0.05, 0.1) is 24.9 Å². The zero-order valence-corrected chi connectivity index (χ0v) is 12.2. The van der Waals surface area contributed by atoms with Crippen molar-refractivity contribution in [2.75, 3.05) is 39.3 Å². The summed E-state index contributed by atoms with van der Waals surface area (Å²) in [6, 6.07) is 0.247. The molecule has 0 radical (unpaired) electrons. The summed E-state index contributed by atoms with van der Waals surface area (Å²) in [6.45, 7) is 8.53. The van der Waals surface area contributed by atoms with E-state index in [1.165, 1.54) is 0 Å². The van der Waals surface area contributed by atoms with Gasteiger partial charge in [-0.15, -0.1) is 0 Å². The van der Waals surface area contributed by atoms with Crippen LogP contribution in [0.4, 0.5) is 0 Å². The van der Waals surface area contributed by atoms with Crippen molar-refractivity contribution in [1.29, 1.82) is 0 Å². The molecule has 2 aliphatic rings. The van der Waals surface area contributed by atoms with Crippen LogP contribution in [0.2, 0.25) is 0 Å². The lowest BCUT2D eigenvalue weighted by molar-refractivity contribution is -0.0783. The minimum absolute atomic E-state index is 0.207. The lowest BCUT2D eigenvalue weighted by atomic mass is 10.2. The third-order valence-electron chi connectivity index (χ3n) is 4.12. The molecule has 5 nitrogen and oxygen atoms in total. The Morgan fingerprint density at radius 3 is 2.53 bits per heavy atom. The van der Waals surface area contributed by atoms with Gasteiger partial charge in [-0.2, -0.15) is 0 Å². The van der Waals surface area contributed by atoms with Crippen molar-refractivity contribution >= 4 is 0 Å². The molecule has 0 aromatic heterocycles. The van der Waals surface area contributed by atoms with Gasteiger partial charge in [0.25, 0.3) is 0 Å². The molecule has 0 aromatic carbocycles. The van der Waals surface area contributed by atoms with E-state index in [0.29, 0.717) is 13.1 Å². The molecule has 4 atom stereocenters. The highest BCUT2D eigenvalue weighted by Gasteiger charge is 2.28. The second-order valence-corrected chi connectivity index (χ2v) is 6.10. The Labute approximate surface area is 116 Å². The second kappa shape index (κ2) is 6.99. The first kappa shape index (κ1) is 15.2. The fourth-order valence-corrected chi connectivity index (χ4v) is 3.40. The Balaban J connectivity index is 1.75. The van der Waals surface area contributed by atoms with Crippen molar-refractivity contribution in [1.82, 2.24) is 9.80 Å². The minimum atomic E-state index is -0.343. The third kappa shape index (κ3) is 4.39. The first-order chi connectivity index (χ1) is 9.08. The molecule has 0 saturated carbocycles. The van der Waals surface area contributed by atoms with E-state index in [9.17, 15) is 10.2 Å². The number of morpholine rings is 1. The molecule has 19 heavy (non-hydrogen) atoms. The first-order valence-electron chi connectivity index (χ1n) is 7.49. The maximum absolute atomic E-state index is 10.2. The van der Waals surface area contributed by atoms with Crippen LogP contribution in [0, 0.1) is 0 Å². The predicted molar refractivity (Wildman–Crippen MR) is 74.1 cm³/mol. The minimum Gasteiger partial charge on any atom is -0.395 e. The summed E-state index contributed by atoms with van der Waals surface area (Å²) in [5.74, 6) is 0. The molecule has 112 valence electrons. The van der Waals surface area contributed by atoms with E-state index in [1.807, 2.05) is 0 Å². The monoisotopic (exact) mass is 272 g/mol. The van der Waals surface area contributed by atoms with E-state index in [-0.39, 0.29) is 31.0 Å². The third-order valence-corrected chi connectivity index (χ3v) is 4.12. The largest absolute Gasteiger partial charge is 0.395 e. The van der Waals surface area contributed by atoms with Gasteiger partial charge in [-0.3, -0.25) is 9.80 Å². The summed E-state index contributed by atoms with van der Waals surface area (Å²) in [6.07, 6.45) is 2.32. The molecule has 5 heteroatoms. The average molecular weight is 272 g/mol. The molecule has 2 fully saturated rings. The summed E-state index contributed by atoms with van der Waals surface area (Å²) in [5.41, 5.74) is 0. The van der Waals surface area contributed by atoms with Crippen LogP contribution in [-0.2, 0) is 4.74 Å². The fraction of sp³-hybridized carbons (Fsp3) is 1.00. The molecule has 0 aliphatic carbocycles. The van der Waals surface area contributed by atoms with Gasteiger partial charge >= 0.3 is 0 Å². The molecular weight excluding hydrogens is 244 g/mol. The second-order valence-electron chi connectivity index (χ2n) is 6.10. The molecule has 2 saturated heterocycles. The average Bonchev–Trinajstić information content (AvgIpc) is 2.74. The summed E-state index contributed by atoms with van der Waals surface area (Å²) in [5, 5.41) is 19.5. The Morgan fingerprint density at radius 2 is 1.89 bits per heavy atom. The maximum Gasteiger partial charge on any atom is 0.0793 e. The molecule has 2 heterocycles. The fourth-order valence-electron chi connectivity index (χ4n) is 3.40. The van der Waals surface area contributed by atoms with Crippen LogP contribution in [-0.4, -0.2) is 83.7 Å². The van der Waals surface area contributed by atoms with Crippen LogP contribution in [0.25, 0.3) is 0 Å². The van der Waals surface area contributed by atoms with Gasteiger partial charge in [-0.05, 0) is 33.2 Å². The van der Waals surface area contributed by atoms with Crippen LogP contribution < -0.4 is 0 Å². The molecular formula is C14H28N2O3. The van der Waals surface area contributed by atoms with Gasteiger partial charge in [0.15, 0.2) is 0 Å². The molecule has 0 aromatic rings. The number of β-amino-alcohol motifs (C(OH)–C–C–N with tert-alkyl or cyclic N) is 1. The summed E-state index contributed by atoms with van der Waals surface area (Å²) in [7, 11) is 0. The number of aliphatic hydroxyl groups is 2. The predicted octanol–water partition coefficient (Wildman–Crippen LogP) is -0.0868. The van der Waals surface area contributed by atoms with Crippen molar-refractivity contribution in [2.45, 2.75) is 51.0 Å². The highest BCUT2D eigenvalue weighted by molar-refractivity contribution is 4.82. The van der Waals surface area contributed by atoms with E-state index in [2.05, 4.69) is 23.6 Å². The Hall–Kier alpha value is -0.200. The van der Waals surface area contributed by atoms with E-state index in [1.54, 1.807) is 0 Å². The standard InChI is InChI=1S/C14H28N2O3/c1-11-6-15(7-12(2)19-11)8-14(18)9-16-5-3-4-13(16)10-17/h11-14,17-18H,3-10H2,1-2H3. The molecule has 4 unspecified atom stereocenters. The number of nitrogens with zero attached hydrogens (tertiary/aromatic N) is 2. The van der Waals surface area contributed by atoms with Gasteiger partial charge in [0.1, 0.15) is 0 Å². The lowest BCUT2D eigenvalue weighted by Crippen LogP contribution is -2.50. The van der Waals surface area contributed by atoms with Gasteiger partial charge in [-0.25, -0.2) is 0 Å². The lowest BCUT2D eigenvalue weighted by Gasteiger charge is -2.37. The summed E-state index contributed by atoms with van der Waals surface area (Å²) >= 11 is 0. The van der Waals surface area contributed by atoms with Crippen LogP contribution in [0.3, 0.4) is 0 Å². The van der Waals surface area contributed by atoms with Crippen LogP contribution in [0.5, 0.6) is 0 Å². The Morgan fingerprint density at radius 1 is 1.21 bits per heavy atom. The molecule has 0 bridgehead atoms. The highest BCUT2D eigenvalue weighted by atomic mass is 16.5. The zero-order valence-electron chi connectivity index (χ0n) is 12.2. The SMILES string of the molecule is CC1CN(CC(O)CN2CCCC2CO)CC(C)O1. The van der Waals surface area contributed by atoms with Gasteiger partial charge < -0.3 is 14.9 Å². The number of ether oxygens (including phenoxy) is 1. The molecule has 0 amide bonds. The number of likely N-dealkylation sites (tertiary alicyclic amines) is 1. The molecule has 2 rings (SSSR count).